The Morgan fingerprint density at radius 3 is 2.53 bits per heavy atom. The molecule has 0 aliphatic heterocycles. The number of carbonyl (C=O) groups excluding carboxylic acids is 2. The Morgan fingerprint density at radius 2 is 1.84 bits per heavy atom. The van der Waals surface area contributed by atoms with E-state index in [1.54, 1.807) is 24.3 Å². The predicted molar refractivity (Wildman–Crippen MR) is 71.9 cm³/mol. The molecule has 1 N–H and O–H groups in total. The topological polar surface area (TPSA) is 64.6 Å². The third-order valence-corrected chi connectivity index (χ3v) is 2.32. The van der Waals surface area contributed by atoms with Crippen molar-refractivity contribution in [3.8, 4) is 0 Å². The zero-order valence-corrected chi connectivity index (χ0v) is 11.1. The van der Waals surface area contributed by atoms with Gasteiger partial charge in [0.1, 0.15) is 6.61 Å². The zero-order valence-electron chi connectivity index (χ0n) is 11.1. The molecule has 5 nitrogen and oxygen atoms in total. The maximum atomic E-state index is 11.4. The van der Waals surface area contributed by atoms with Crippen molar-refractivity contribution in [3.05, 3.63) is 30.3 Å². The lowest BCUT2D eigenvalue weighted by atomic mass is 10.3. The molecule has 19 heavy (non-hydrogen) atoms. The van der Waals surface area contributed by atoms with E-state index in [2.05, 4.69) is 5.32 Å². The van der Waals surface area contributed by atoms with Gasteiger partial charge in [0.15, 0.2) is 0 Å². The van der Waals surface area contributed by atoms with Gasteiger partial charge in [-0.05, 0) is 18.6 Å². The minimum absolute atomic E-state index is 0.0175. The molecule has 0 unspecified atom stereocenters. The number of unbranched alkanes of at least 4 members (excludes halogenated alkanes) is 1. The summed E-state index contributed by atoms with van der Waals surface area (Å²) in [5.74, 6) is -0.346. The van der Waals surface area contributed by atoms with Gasteiger partial charge in [-0.25, -0.2) is 4.79 Å². The van der Waals surface area contributed by atoms with Crippen LogP contribution in [0, 0.1) is 0 Å². The van der Waals surface area contributed by atoms with Gasteiger partial charge in [0.2, 0.25) is 0 Å². The molecule has 1 rings (SSSR count). The van der Waals surface area contributed by atoms with Crippen LogP contribution in [0.5, 0.6) is 0 Å². The highest BCUT2D eigenvalue weighted by Gasteiger charge is 2.06. The molecule has 104 valence electrons. The number of ether oxygens (including phenoxy) is 2. The number of hydrogen-bond donors (Lipinski definition) is 1. The highest BCUT2D eigenvalue weighted by molar-refractivity contribution is 5.84. The first kappa shape index (κ1) is 15.0. The van der Waals surface area contributed by atoms with Gasteiger partial charge in [0.05, 0.1) is 13.0 Å². The molecule has 0 saturated heterocycles. The number of esters is 1. The second kappa shape index (κ2) is 8.97. The molecule has 0 aliphatic rings. The van der Waals surface area contributed by atoms with E-state index in [0.717, 1.165) is 12.8 Å². The van der Waals surface area contributed by atoms with Crippen molar-refractivity contribution in [2.24, 2.45) is 0 Å². The molecule has 5 heteroatoms. The molecular weight excluding hydrogens is 246 g/mol. The number of para-hydroxylation sites is 1. The standard InChI is InChI=1S/C14H19NO4/c1-2-3-10-18-13(16)9-11-19-14(17)15-12-7-5-4-6-8-12/h4-8H,2-3,9-11H2,1H3,(H,15,17). The molecule has 0 radical (unpaired) electrons. The number of amides is 1. The van der Waals surface area contributed by atoms with Crippen molar-refractivity contribution in [2.75, 3.05) is 18.5 Å². The van der Waals surface area contributed by atoms with Crippen LogP contribution in [0.1, 0.15) is 26.2 Å². The Balaban J connectivity index is 2.12. The van der Waals surface area contributed by atoms with Crippen molar-refractivity contribution in [1.29, 1.82) is 0 Å². The van der Waals surface area contributed by atoms with E-state index >= 15 is 0 Å². The summed E-state index contributed by atoms with van der Waals surface area (Å²) >= 11 is 0. The molecule has 0 aliphatic carbocycles. The quantitative estimate of drug-likeness (QED) is 0.608. The lowest BCUT2D eigenvalue weighted by Gasteiger charge is -2.07. The summed E-state index contributed by atoms with van der Waals surface area (Å²) in [5.41, 5.74) is 0.651. The summed E-state index contributed by atoms with van der Waals surface area (Å²) in [6.45, 7) is 2.46. The molecule has 0 spiro atoms. The summed E-state index contributed by atoms with van der Waals surface area (Å²) < 4.78 is 9.80. The number of anilines is 1. The van der Waals surface area contributed by atoms with Crippen LogP contribution in [0.25, 0.3) is 0 Å². The van der Waals surface area contributed by atoms with Crippen molar-refractivity contribution < 1.29 is 19.1 Å². The molecule has 1 aromatic carbocycles. The Hall–Kier alpha value is -2.04. The second-order valence-corrected chi connectivity index (χ2v) is 3.95. The molecule has 0 bridgehead atoms. The number of benzene rings is 1. The summed E-state index contributed by atoms with van der Waals surface area (Å²) in [7, 11) is 0. The van der Waals surface area contributed by atoms with Crippen LogP contribution in [-0.2, 0) is 14.3 Å². The van der Waals surface area contributed by atoms with Crippen LogP contribution in [0.4, 0.5) is 10.5 Å². The van der Waals surface area contributed by atoms with Gasteiger partial charge in [0.25, 0.3) is 0 Å². The fourth-order valence-electron chi connectivity index (χ4n) is 1.30. The monoisotopic (exact) mass is 265 g/mol. The third kappa shape index (κ3) is 7.08. The van der Waals surface area contributed by atoms with Gasteiger partial charge in [-0.3, -0.25) is 10.1 Å². The van der Waals surface area contributed by atoms with E-state index in [4.69, 9.17) is 9.47 Å². The highest BCUT2D eigenvalue weighted by Crippen LogP contribution is 2.05. The summed E-state index contributed by atoms with van der Waals surface area (Å²) in [6.07, 6.45) is 1.32. The minimum atomic E-state index is -0.576. The van der Waals surface area contributed by atoms with Gasteiger partial charge in [-0.15, -0.1) is 0 Å². The Morgan fingerprint density at radius 1 is 1.11 bits per heavy atom. The smallest absolute Gasteiger partial charge is 0.411 e. The molecule has 1 amide bonds. The van der Waals surface area contributed by atoms with E-state index in [1.165, 1.54) is 0 Å². The van der Waals surface area contributed by atoms with Crippen LogP contribution in [-0.4, -0.2) is 25.3 Å². The average Bonchev–Trinajstić information content (AvgIpc) is 2.40. The molecule has 1 aromatic rings. The predicted octanol–water partition coefficient (Wildman–Crippen LogP) is 2.97. The zero-order chi connectivity index (χ0) is 13.9. The number of hydrogen-bond acceptors (Lipinski definition) is 4. The van der Waals surface area contributed by atoms with E-state index in [1.807, 2.05) is 13.0 Å². The van der Waals surface area contributed by atoms with Crippen molar-refractivity contribution in [2.45, 2.75) is 26.2 Å². The van der Waals surface area contributed by atoms with E-state index in [-0.39, 0.29) is 19.0 Å². The molecule has 0 fully saturated rings. The Bertz CT molecular complexity index is 392. The lowest BCUT2D eigenvalue weighted by Crippen LogP contribution is -2.17. The summed E-state index contributed by atoms with van der Waals surface area (Å²) in [6, 6.07) is 8.96. The van der Waals surface area contributed by atoms with Crippen LogP contribution in [0.3, 0.4) is 0 Å². The summed E-state index contributed by atoms with van der Waals surface area (Å²) in [4.78, 5) is 22.6. The van der Waals surface area contributed by atoms with Crippen molar-refractivity contribution in [3.63, 3.8) is 0 Å². The molecule has 0 heterocycles. The number of carbonyl (C=O) groups is 2. The van der Waals surface area contributed by atoms with E-state index in [0.29, 0.717) is 12.3 Å². The Labute approximate surface area is 112 Å². The third-order valence-electron chi connectivity index (χ3n) is 2.32. The van der Waals surface area contributed by atoms with Gasteiger partial charge in [0, 0.05) is 5.69 Å². The van der Waals surface area contributed by atoms with Crippen LogP contribution in [0.2, 0.25) is 0 Å². The maximum Gasteiger partial charge on any atom is 0.411 e. The first-order valence-corrected chi connectivity index (χ1v) is 6.37. The SMILES string of the molecule is CCCCOC(=O)CCOC(=O)Nc1ccccc1. The van der Waals surface area contributed by atoms with Crippen molar-refractivity contribution in [1.82, 2.24) is 0 Å². The molecule has 0 atom stereocenters. The van der Waals surface area contributed by atoms with Gasteiger partial charge in [-0.2, -0.15) is 0 Å². The molecule has 0 aromatic heterocycles. The lowest BCUT2D eigenvalue weighted by molar-refractivity contribution is -0.144. The molecular formula is C14H19NO4. The fourth-order valence-corrected chi connectivity index (χ4v) is 1.30. The van der Waals surface area contributed by atoms with E-state index < -0.39 is 6.09 Å². The first-order valence-electron chi connectivity index (χ1n) is 6.37. The van der Waals surface area contributed by atoms with Gasteiger partial charge in [-0.1, -0.05) is 31.5 Å². The van der Waals surface area contributed by atoms with Crippen LogP contribution < -0.4 is 5.32 Å². The average molecular weight is 265 g/mol. The Kier molecular flexibility index (Phi) is 7.09. The molecule has 0 saturated carbocycles. The first-order chi connectivity index (χ1) is 9.22. The van der Waals surface area contributed by atoms with Gasteiger partial charge >= 0.3 is 12.1 Å². The second-order valence-electron chi connectivity index (χ2n) is 3.95. The number of nitrogens with one attached hydrogen (secondary N) is 1. The summed E-state index contributed by atoms with van der Waals surface area (Å²) in [5, 5.41) is 2.55. The fraction of sp³-hybridized carbons (Fsp3) is 0.429. The highest BCUT2D eigenvalue weighted by atomic mass is 16.6. The minimum Gasteiger partial charge on any atom is -0.466 e. The van der Waals surface area contributed by atoms with Crippen LogP contribution >= 0.6 is 0 Å². The largest absolute Gasteiger partial charge is 0.466 e. The van der Waals surface area contributed by atoms with Crippen LogP contribution in [0.15, 0.2) is 30.3 Å². The van der Waals surface area contributed by atoms with Gasteiger partial charge < -0.3 is 9.47 Å². The van der Waals surface area contributed by atoms with Crippen molar-refractivity contribution >= 4 is 17.7 Å². The number of rotatable bonds is 7. The maximum absolute atomic E-state index is 11.4. The normalized spacial score (nSPS) is 9.74. The van der Waals surface area contributed by atoms with E-state index in [9.17, 15) is 9.59 Å².